The zero-order valence-electron chi connectivity index (χ0n) is 16.4. The zero-order chi connectivity index (χ0) is 19.2. The number of hydrogen-bond donors (Lipinski definition) is 0. The third kappa shape index (κ3) is 4.60. The van der Waals surface area contributed by atoms with Crippen molar-refractivity contribution in [2.45, 2.75) is 19.3 Å². The summed E-state index contributed by atoms with van der Waals surface area (Å²) in [5, 5.41) is 2.31. The maximum atomic E-state index is 13.0. The Morgan fingerprint density at radius 3 is 2.43 bits per heavy atom. The van der Waals surface area contributed by atoms with E-state index in [9.17, 15) is 4.79 Å². The summed E-state index contributed by atoms with van der Waals surface area (Å²) in [7, 11) is 0. The van der Waals surface area contributed by atoms with Gasteiger partial charge in [-0.3, -0.25) is 4.79 Å². The minimum absolute atomic E-state index is 0.164. The zero-order valence-corrected chi connectivity index (χ0v) is 16.4. The van der Waals surface area contributed by atoms with Crippen LogP contribution < -0.4 is 0 Å². The minimum atomic E-state index is 0.164. The van der Waals surface area contributed by atoms with Crippen LogP contribution in [0, 0.1) is 0 Å². The van der Waals surface area contributed by atoms with Crippen LogP contribution in [0.3, 0.4) is 0 Å². The van der Waals surface area contributed by atoms with Gasteiger partial charge in [0.05, 0.1) is 0 Å². The molecule has 0 radical (unpaired) electrons. The molecule has 0 unspecified atom stereocenters. The van der Waals surface area contributed by atoms with Gasteiger partial charge < -0.3 is 9.80 Å². The Labute approximate surface area is 167 Å². The van der Waals surface area contributed by atoms with Crippen molar-refractivity contribution >= 4 is 16.7 Å². The lowest BCUT2D eigenvalue weighted by Gasteiger charge is -2.22. The summed E-state index contributed by atoms with van der Waals surface area (Å²) in [5.74, 6) is 0.164. The van der Waals surface area contributed by atoms with Crippen LogP contribution in [0.15, 0.2) is 72.8 Å². The van der Waals surface area contributed by atoms with Crippen molar-refractivity contribution in [3.05, 3.63) is 83.9 Å². The van der Waals surface area contributed by atoms with E-state index in [1.807, 2.05) is 29.2 Å². The first-order valence-electron chi connectivity index (χ1n) is 10.3. The highest BCUT2D eigenvalue weighted by molar-refractivity contribution is 5.98. The SMILES string of the molecule is O=C(c1ccc2ccccc2c1)N1CCCN(CCCc2ccccc2)CC1. The number of rotatable bonds is 5. The van der Waals surface area contributed by atoms with Gasteiger partial charge in [0.2, 0.25) is 0 Å². The number of fused-ring (bicyclic) bond motifs is 1. The molecular formula is C25H28N2O. The predicted molar refractivity (Wildman–Crippen MR) is 116 cm³/mol. The Bertz CT molecular complexity index is 922. The van der Waals surface area contributed by atoms with E-state index in [1.54, 1.807) is 0 Å². The Kier molecular flexibility index (Phi) is 6.03. The molecule has 144 valence electrons. The average molecular weight is 373 g/mol. The molecule has 3 nitrogen and oxygen atoms in total. The Morgan fingerprint density at radius 2 is 1.57 bits per heavy atom. The number of nitrogens with zero attached hydrogens (tertiary/aromatic N) is 2. The second kappa shape index (κ2) is 9.03. The second-order valence-corrected chi connectivity index (χ2v) is 7.64. The molecule has 4 rings (SSSR count). The molecule has 1 aliphatic heterocycles. The van der Waals surface area contributed by atoms with Gasteiger partial charge in [0.15, 0.2) is 0 Å². The van der Waals surface area contributed by atoms with E-state index in [-0.39, 0.29) is 5.91 Å². The first-order valence-corrected chi connectivity index (χ1v) is 10.3. The number of aryl methyl sites for hydroxylation is 1. The summed E-state index contributed by atoms with van der Waals surface area (Å²) >= 11 is 0. The van der Waals surface area contributed by atoms with Crippen LogP contribution >= 0.6 is 0 Å². The number of amides is 1. The summed E-state index contributed by atoms with van der Waals surface area (Å²) in [6.07, 6.45) is 3.34. The summed E-state index contributed by atoms with van der Waals surface area (Å²) in [5.41, 5.74) is 2.21. The van der Waals surface area contributed by atoms with Gasteiger partial charge in [-0.1, -0.05) is 60.7 Å². The highest BCUT2D eigenvalue weighted by Gasteiger charge is 2.20. The highest BCUT2D eigenvalue weighted by atomic mass is 16.2. The molecule has 0 aliphatic carbocycles. The standard InChI is InChI=1S/C25H28N2O/c28-25(24-14-13-22-11-4-5-12-23(22)20-24)27-17-7-16-26(18-19-27)15-6-10-21-8-2-1-3-9-21/h1-5,8-9,11-14,20H,6-7,10,15-19H2. The van der Waals surface area contributed by atoms with Gasteiger partial charge in [-0.25, -0.2) is 0 Å². The molecule has 1 aliphatic rings. The molecular weight excluding hydrogens is 344 g/mol. The first kappa shape index (κ1) is 18.7. The van der Waals surface area contributed by atoms with Crippen molar-refractivity contribution < 1.29 is 4.79 Å². The van der Waals surface area contributed by atoms with E-state index in [0.717, 1.165) is 56.5 Å². The number of hydrogen-bond acceptors (Lipinski definition) is 2. The van der Waals surface area contributed by atoms with Gasteiger partial charge in [-0.2, -0.15) is 0 Å². The number of benzene rings is 3. The molecule has 1 saturated heterocycles. The van der Waals surface area contributed by atoms with E-state index in [1.165, 1.54) is 17.4 Å². The molecule has 0 N–H and O–H groups in total. The van der Waals surface area contributed by atoms with Gasteiger partial charge in [0.1, 0.15) is 0 Å². The Balaban J connectivity index is 1.32. The van der Waals surface area contributed by atoms with Gasteiger partial charge >= 0.3 is 0 Å². The quantitative estimate of drug-likeness (QED) is 0.652. The van der Waals surface area contributed by atoms with E-state index >= 15 is 0 Å². The molecule has 0 aromatic heterocycles. The predicted octanol–water partition coefficient (Wildman–Crippen LogP) is 4.62. The molecule has 1 amide bonds. The van der Waals surface area contributed by atoms with Crippen LogP contribution in [0.5, 0.6) is 0 Å². The maximum Gasteiger partial charge on any atom is 0.253 e. The Hall–Kier alpha value is -2.65. The number of carbonyl (C=O) groups excluding carboxylic acids is 1. The van der Waals surface area contributed by atoms with Crippen molar-refractivity contribution in [2.24, 2.45) is 0 Å². The van der Waals surface area contributed by atoms with E-state index in [2.05, 4.69) is 53.4 Å². The molecule has 1 fully saturated rings. The van der Waals surface area contributed by atoms with Crippen LogP contribution in [-0.2, 0) is 6.42 Å². The lowest BCUT2D eigenvalue weighted by Crippen LogP contribution is -2.35. The van der Waals surface area contributed by atoms with Crippen molar-refractivity contribution in [1.29, 1.82) is 0 Å². The molecule has 3 heteroatoms. The van der Waals surface area contributed by atoms with Crippen molar-refractivity contribution in [3.8, 4) is 0 Å². The van der Waals surface area contributed by atoms with Gasteiger partial charge in [0.25, 0.3) is 5.91 Å². The van der Waals surface area contributed by atoms with E-state index < -0.39 is 0 Å². The van der Waals surface area contributed by atoms with Crippen LogP contribution in [0.25, 0.3) is 10.8 Å². The maximum absolute atomic E-state index is 13.0. The smallest absolute Gasteiger partial charge is 0.253 e. The second-order valence-electron chi connectivity index (χ2n) is 7.64. The summed E-state index contributed by atoms with van der Waals surface area (Å²) in [4.78, 5) is 17.5. The molecule has 0 bridgehead atoms. The molecule has 28 heavy (non-hydrogen) atoms. The summed E-state index contributed by atoms with van der Waals surface area (Å²) in [6, 6.07) is 24.9. The lowest BCUT2D eigenvalue weighted by atomic mass is 10.1. The fourth-order valence-electron chi connectivity index (χ4n) is 4.05. The van der Waals surface area contributed by atoms with Crippen molar-refractivity contribution in [2.75, 3.05) is 32.7 Å². The third-order valence-electron chi connectivity index (χ3n) is 5.65. The molecule has 1 heterocycles. The topological polar surface area (TPSA) is 23.6 Å². The lowest BCUT2D eigenvalue weighted by molar-refractivity contribution is 0.0761. The van der Waals surface area contributed by atoms with Crippen molar-refractivity contribution in [1.82, 2.24) is 9.80 Å². The first-order chi connectivity index (χ1) is 13.8. The molecule has 3 aromatic rings. The summed E-state index contributed by atoms with van der Waals surface area (Å²) in [6.45, 7) is 4.81. The van der Waals surface area contributed by atoms with Crippen LogP contribution in [0.4, 0.5) is 0 Å². The largest absolute Gasteiger partial charge is 0.337 e. The minimum Gasteiger partial charge on any atom is -0.337 e. The normalized spacial score (nSPS) is 15.5. The summed E-state index contributed by atoms with van der Waals surface area (Å²) < 4.78 is 0. The molecule has 3 aromatic carbocycles. The van der Waals surface area contributed by atoms with Crippen LogP contribution in [0.2, 0.25) is 0 Å². The van der Waals surface area contributed by atoms with Gasteiger partial charge in [-0.15, -0.1) is 0 Å². The molecule has 0 saturated carbocycles. The van der Waals surface area contributed by atoms with Gasteiger partial charge in [-0.05, 0) is 60.8 Å². The highest BCUT2D eigenvalue weighted by Crippen LogP contribution is 2.18. The van der Waals surface area contributed by atoms with Gasteiger partial charge in [0, 0.05) is 25.2 Å². The van der Waals surface area contributed by atoms with E-state index in [4.69, 9.17) is 0 Å². The fourth-order valence-corrected chi connectivity index (χ4v) is 4.05. The van der Waals surface area contributed by atoms with Crippen LogP contribution in [-0.4, -0.2) is 48.4 Å². The van der Waals surface area contributed by atoms with E-state index in [0.29, 0.717) is 0 Å². The Morgan fingerprint density at radius 1 is 0.786 bits per heavy atom. The monoisotopic (exact) mass is 372 g/mol. The third-order valence-corrected chi connectivity index (χ3v) is 5.65. The van der Waals surface area contributed by atoms with Crippen molar-refractivity contribution in [3.63, 3.8) is 0 Å². The number of carbonyl (C=O) groups is 1. The molecule has 0 spiro atoms. The average Bonchev–Trinajstić information content (AvgIpc) is 2.99. The van der Waals surface area contributed by atoms with Crippen LogP contribution in [0.1, 0.15) is 28.8 Å². The molecule has 0 atom stereocenters. The fraction of sp³-hybridized carbons (Fsp3) is 0.320.